The van der Waals surface area contributed by atoms with E-state index in [1.54, 1.807) is 30.0 Å². The quantitative estimate of drug-likeness (QED) is 0.372. The summed E-state index contributed by atoms with van der Waals surface area (Å²) in [5, 5.41) is 3.35. The van der Waals surface area contributed by atoms with Crippen LogP contribution in [0, 0.1) is 13.8 Å². The van der Waals surface area contributed by atoms with E-state index in [9.17, 15) is 18.0 Å². The maximum Gasteiger partial charge on any atom is 0.242 e. The SMILES string of the molecule is CCCCNC(=O)[C@@H](C)N(Cc1ccccc1C)C(=O)CCCN(c1cc(Cl)ccc1C)S(C)(=O)=O. The van der Waals surface area contributed by atoms with Crippen molar-refractivity contribution in [3.05, 3.63) is 64.2 Å². The average Bonchev–Trinajstić information content (AvgIpc) is 2.81. The summed E-state index contributed by atoms with van der Waals surface area (Å²) in [6.07, 6.45) is 3.37. The number of carbonyl (C=O) groups excluding carboxylic acids is 2. The number of hydrogen-bond donors (Lipinski definition) is 1. The maximum atomic E-state index is 13.4. The monoisotopic (exact) mass is 535 g/mol. The van der Waals surface area contributed by atoms with Crippen molar-refractivity contribution in [2.45, 2.75) is 66.0 Å². The Balaban J connectivity index is 2.19. The van der Waals surface area contributed by atoms with Crippen LogP contribution in [0.1, 0.15) is 56.2 Å². The highest BCUT2D eigenvalue weighted by Crippen LogP contribution is 2.27. The highest BCUT2D eigenvalue weighted by molar-refractivity contribution is 7.92. The second-order valence-corrected chi connectivity index (χ2v) is 11.5. The predicted octanol–water partition coefficient (Wildman–Crippen LogP) is 4.84. The highest BCUT2D eigenvalue weighted by atomic mass is 35.5. The zero-order valence-electron chi connectivity index (χ0n) is 21.9. The average molecular weight is 536 g/mol. The van der Waals surface area contributed by atoms with Crippen LogP contribution < -0.4 is 9.62 Å². The molecular weight excluding hydrogens is 498 g/mol. The molecular formula is C27H38ClN3O4S. The minimum atomic E-state index is -3.59. The Morgan fingerprint density at radius 2 is 1.75 bits per heavy atom. The zero-order chi connectivity index (χ0) is 26.9. The van der Waals surface area contributed by atoms with E-state index in [1.807, 2.05) is 45.0 Å². The van der Waals surface area contributed by atoms with Crippen LogP contribution in [-0.2, 0) is 26.2 Å². The third-order valence-corrected chi connectivity index (χ3v) is 7.61. The Bertz CT molecular complexity index is 1150. The van der Waals surface area contributed by atoms with Gasteiger partial charge in [-0.25, -0.2) is 8.42 Å². The number of amides is 2. The van der Waals surface area contributed by atoms with Gasteiger partial charge < -0.3 is 10.2 Å². The van der Waals surface area contributed by atoms with E-state index in [4.69, 9.17) is 11.6 Å². The minimum absolute atomic E-state index is 0.101. The Morgan fingerprint density at radius 3 is 2.39 bits per heavy atom. The van der Waals surface area contributed by atoms with Gasteiger partial charge in [-0.1, -0.05) is 55.3 Å². The fourth-order valence-electron chi connectivity index (χ4n) is 3.92. The van der Waals surface area contributed by atoms with Gasteiger partial charge >= 0.3 is 0 Å². The first kappa shape index (κ1) is 29.6. The van der Waals surface area contributed by atoms with Crippen molar-refractivity contribution >= 4 is 39.1 Å². The van der Waals surface area contributed by atoms with Crippen LogP contribution in [0.5, 0.6) is 0 Å². The lowest BCUT2D eigenvalue weighted by atomic mass is 10.1. The van der Waals surface area contributed by atoms with Gasteiger partial charge in [0.25, 0.3) is 0 Å². The van der Waals surface area contributed by atoms with E-state index in [2.05, 4.69) is 5.32 Å². The summed E-state index contributed by atoms with van der Waals surface area (Å²) in [6, 6.07) is 12.2. The van der Waals surface area contributed by atoms with E-state index in [0.29, 0.717) is 30.2 Å². The molecule has 0 aromatic heterocycles. The molecule has 2 rings (SSSR count). The number of benzene rings is 2. The van der Waals surface area contributed by atoms with E-state index in [0.717, 1.165) is 35.8 Å². The van der Waals surface area contributed by atoms with Crippen molar-refractivity contribution in [1.29, 1.82) is 0 Å². The summed E-state index contributed by atoms with van der Waals surface area (Å²) in [5.74, 6) is -0.398. The lowest BCUT2D eigenvalue weighted by Gasteiger charge is -2.30. The fraction of sp³-hybridized carbons (Fsp3) is 0.481. The molecule has 2 aromatic carbocycles. The molecule has 0 aliphatic rings. The topological polar surface area (TPSA) is 86.8 Å². The molecule has 7 nitrogen and oxygen atoms in total. The number of nitrogens with one attached hydrogen (secondary N) is 1. The van der Waals surface area contributed by atoms with Crippen LogP contribution in [-0.4, -0.2) is 50.5 Å². The normalized spacial score (nSPS) is 12.2. The lowest BCUT2D eigenvalue weighted by Crippen LogP contribution is -2.48. The largest absolute Gasteiger partial charge is 0.354 e. The highest BCUT2D eigenvalue weighted by Gasteiger charge is 2.27. The van der Waals surface area contributed by atoms with Crippen molar-refractivity contribution in [1.82, 2.24) is 10.2 Å². The molecule has 9 heteroatoms. The molecule has 0 radical (unpaired) electrons. The molecule has 0 heterocycles. The van der Waals surface area contributed by atoms with E-state index < -0.39 is 16.1 Å². The van der Waals surface area contributed by atoms with Crippen LogP contribution in [0.15, 0.2) is 42.5 Å². The zero-order valence-corrected chi connectivity index (χ0v) is 23.5. The van der Waals surface area contributed by atoms with Crippen molar-refractivity contribution in [3.63, 3.8) is 0 Å². The van der Waals surface area contributed by atoms with Gasteiger partial charge in [0.1, 0.15) is 6.04 Å². The molecule has 0 aliphatic heterocycles. The summed E-state index contributed by atoms with van der Waals surface area (Å²) >= 11 is 6.12. The Hall–Kier alpha value is -2.58. The molecule has 36 heavy (non-hydrogen) atoms. The molecule has 1 N–H and O–H groups in total. The fourth-order valence-corrected chi connectivity index (χ4v) is 5.10. The Labute approximate surface area is 220 Å². The number of aryl methyl sites for hydroxylation is 2. The van der Waals surface area contributed by atoms with E-state index >= 15 is 0 Å². The van der Waals surface area contributed by atoms with Crippen molar-refractivity contribution < 1.29 is 18.0 Å². The number of unbranched alkanes of at least 4 members (excludes halogenated alkanes) is 1. The van der Waals surface area contributed by atoms with Crippen LogP contribution in [0.3, 0.4) is 0 Å². The molecule has 0 bridgehead atoms. The van der Waals surface area contributed by atoms with Gasteiger partial charge in [-0.15, -0.1) is 0 Å². The van der Waals surface area contributed by atoms with Gasteiger partial charge in [-0.3, -0.25) is 13.9 Å². The van der Waals surface area contributed by atoms with Gasteiger partial charge in [0.05, 0.1) is 11.9 Å². The van der Waals surface area contributed by atoms with Crippen LogP contribution in [0.25, 0.3) is 0 Å². The summed E-state index contributed by atoms with van der Waals surface area (Å²) in [4.78, 5) is 27.8. The van der Waals surface area contributed by atoms with Crippen LogP contribution in [0.2, 0.25) is 5.02 Å². The summed E-state index contributed by atoms with van der Waals surface area (Å²) in [7, 11) is -3.59. The maximum absolute atomic E-state index is 13.4. The van der Waals surface area contributed by atoms with E-state index in [-0.39, 0.29) is 24.8 Å². The molecule has 198 valence electrons. The number of carbonyl (C=O) groups is 2. The van der Waals surface area contributed by atoms with E-state index in [1.165, 1.54) is 4.31 Å². The van der Waals surface area contributed by atoms with Gasteiger partial charge in [-0.2, -0.15) is 0 Å². The molecule has 0 saturated heterocycles. The molecule has 0 spiro atoms. The Morgan fingerprint density at radius 1 is 1.06 bits per heavy atom. The lowest BCUT2D eigenvalue weighted by molar-refractivity contribution is -0.140. The molecule has 0 unspecified atom stereocenters. The van der Waals surface area contributed by atoms with Gasteiger partial charge in [0, 0.05) is 31.1 Å². The summed E-state index contributed by atoms with van der Waals surface area (Å²) in [6.45, 7) is 8.56. The standard InChI is InChI=1S/C27H38ClN3O4S/c1-6-7-16-29-27(33)22(4)30(19-23-12-9-8-11-20(23)2)26(32)13-10-17-31(36(5,34)35)25-18-24(28)15-14-21(25)3/h8-9,11-12,14-15,18,22H,6-7,10,13,16-17,19H2,1-5H3,(H,29,33)/t22-/m1/s1. The van der Waals surface area contributed by atoms with Crippen molar-refractivity contribution in [2.75, 3.05) is 23.7 Å². The van der Waals surface area contributed by atoms with Gasteiger partial charge in [0.2, 0.25) is 21.8 Å². The minimum Gasteiger partial charge on any atom is -0.354 e. The number of halogens is 1. The number of hydrogen-bond acceptors (Lipinski definition) is 4. The third kappa shape index (κ3) is 8.52. The van der Waals surface area contributed by atoms with Crippen molar-refractivity contribution in [2.24, 2.45) is 0 Å². The molecule has 2 aromatic rings. The first-order valence-electron chi connectivity index (χ1n) is 12.3. The number of nitrogens with zero attached hydrogens (tertiary/aromatic N) is 2. The van der Waals surface area contributed by atoms with Gasteiger partial charge in [0.15, 0.2) is 0 Å². The molecule has 0 saturated carbocycles. The molecule has 1 atom stereocenters. The second-order valence-electron chi connectivity index (χ2n) is 9.14. The number of sulfonamides is 1. The summed E-state index contributed by atoms with van der Waals surface area (Å²) < 4.78 is 26.4. The molecule has 2 amide bonds. The van der Waals surface area contributed by atoms with Crippen LogP contribution >= 0.6 is 11.6 Å². The number of anilines is 1. The number of rotatable bonds is 13. The first-order chi connectivity index (χ1) is 17.0. The summed E-state index contributed by atoms with van der Waals surface area (Å²) in [5.41, 5.74) is 3.27. The van der Waals surface area contributed by atoms with Gasteiger partial charge in [-0.05, 0) is 62.4 Å². The first-order valence-corrected chi connectivity index (χ1v) is 14.5. The third-order valence-electron chi connectivity index (χ3n) is 6.19. The second kappa shape index (κ2) is 13.7. The van der Waals surface area contributed by atoms with Crippen molar-refractivity contribution in [3.8, 4) is 0 Å². The smallest absolute Gasteiger partial charge is 0.242 e. The van der Waals surface area contributed by atoms with Crippen LogP contribution in [0.4, 0.5) is 5.69 Å². The predicted molar refractivity (Wildman–Crippen MR) is 147 cm³/mol. The molecule has 0 fully saturated rings. The Kier molecular flexibility index (Phi) is 11.2. The molecule has 0 aliphatic carbocycles.